The number of carbonyl (C=O) groups excluding carboxylic acids is 2. The molecule has 2 amide bonds. The van der Waals surface area contributed by atoms with Gasteiger partial charge in [-0.15, -0.1) is 0 Å². The Bertz CT molecular complexity index is 1620. The molecule has 0 aliphatic carbocycles. The van der Waals surface area contributed by atoms with Gasteiger partial charge in [0.25, 0.3) is 0 Å². The van der Waals surface area contributed by atoms with Crippen molar-refractivity contribution in [1.29, 1.82) is 0 Å². The molecule has 12 N–H and O–H groups in total. The average molecular weight is 1180 g/mol. The van der Waals surface area contributed by atoms with Gasteiger partial charge in [-0.05, 0) is 19.3 Å². The topological polar surface area (TPSA) is 316 Å². The first-order valence-electron chi connectivity index (χ1n) is 32.4. The molecule has 0 spiro atoms. The van der Waals surface area contributed by atoms with E-state index in [-0.39, 0.29) is 18.9 Å². The number of amides is 2. The summed E-state index contributed by atoms with van der Waals surface area (Å²) in [5.41, 5.74) is 0. The van der Waals surface area contributed by atoms with Gasteiger partial charge in [-0.2, -0.15) is 0 Å². The summed E-state index contributed by atoms with van der Waals surface area (Å²) in [6.07, 6.45) is 19.6. The SMILES string of the molecule is CCCCCCCCCCCCC/C=C/[C@@H](O)[C@H](CO[C@@H]1OC(CO)[C@@H](O[C@@H]2OC(CO)[C@H](O[C@@H]3OC(CO)[C@H](O)[C@H](O)C3NC(C)=O)[C@H](O)C2O)[C@H](O)C1O)NC(=O)CCCCCCCCCCCCCCCCCCCCCCC. The monoisotopic (exact) mass is 1180 g/mol. The maximum atomic E-state index is 13.4. The Hall–Kier alpha value is -1.96. The lowest BCUT2D eigenvalue weighted by Crippen LogP contribution is -2.68. The number of hydrogen-bond acceptors (Lipinski definition) is 18. The van der Waals surface area contributed by atoms with Crippen molar-refractivity contribution in [2.75, 3.05) is 26.4 Å². The number of nitrogens with one attached hydrogen (secondary N) is 2. The van der Waals surface area contributed by atoms with E-state index in [9.17, 15) is 60.7 Å². The minimum Gasteiger partial charge on any atom is -0.394 e. The molecule has 0 bridgehead atoms. The smallest absolute Gasteiger partial charge is 0.220 e. The molecule has 3 saturated heterocycles. The highest BCUT2D eigenvalue weighted by Crippen LogP contribution is 2.33. The van der Waals surface area contributed by atoms with Gasteiger partial charge in [0.05, 0.1) is 38.6 Å². The second-order valence-electron chi connectivity index (χ2n) is 23.6. The molecule has 0 aromatic rings. The number of aliphatic hydroxyl groups excluding tert-OH is 10. The number of rotatable bonds is 48. The molecule has 3 aliphatic heterocycles. The zero-order chi connectivity index (χ0) is 59.9. The third-order valence-electron chi connectivity index (χ3n) is 16.5. The largest absolute Gasteiger partial charge is 0.394 e. The van der Waals surface area contributed by atoms with Gasteiger partial charge in [0, 0.05) is 13.3 Å². The highest BCUT2D eigenvalue weighted by atomic mass is 16.8. The van der Waals surface area contributed by atoms with Crippen LogP contribution in [0.15, 0.2) is 12.2 Å². The minimum atomic E-state index is -1.99. The zero-order valence-electron chi connectivity index (χ0n) is 50.6. The number of carbonyl (C=O) groups is 2. The van der Waals surface area contributed by atoms with Crippen LogP contribution in [0.2, 0.25) is 0 Å². The molecule has 0 saturated carbocycles. The Labute approximate surface area is 491 Å². The Morgan fingerprint density at radius 3 is 1.28 bits per heavy atom. The molecule has 82 heavy (non-hydrogen) atoms. The van der Waals surface area contributed by atoms with Crippen molar-refractivity contribution in [1.82, 2.24) is 10.6 Å². The van der Waals surface area contributed by atoms with Crippen molar-refractivity contribution < 1.29 is 89.1 Å². The summed E-state index contributed by atoms with van der Waals surface area (Å²) < 4.78 is 34.9. The summed E-state index contributed by atoms with van der Waals surface area (Å²) in [6, 6.07) is -2.40. The van der Waals surface area contributed by atoms with E-state index in [1.807, 2.05) is 6.08 Å². The molecular formula is C62H116N2O18. The van der Waals surface area contributed by atoms with Gasteiger partial charge in [-0.3, -0.25) is 9.59 Å². The Balaban J connectivity index is 1.50. The molecule has 482 valence electrons. The third-order valence-corrected chi connectivity index (χ3v) is 16.5. The van der Waals surface area contributed by atoms with Gasteiger partial charge in [0.2, 0.25) is 11.8 Å². The summed E-state index contributed by atoms with van der Waals surface area (Å²) in [5.74, 6) is -0.921. The summed E-state index contributed by atoms with van der Waals surface area (Å²) in [6.45, 7) is 2.85. The van der Waals surface area contributed by atoms with Crippen molar-refractivity contribution in [2.45, 2.75) is 343 Å². The molecule has 20 nitrogen and oxygen atoms in total. The number of aliphatic hydroxyl groups is 10. The van der Waals surface area contributed by atoms with Crippen LogP contribution in [0.5, 0.6) is 0 Å². The zero-order valence-corrected chi connectivity index (χ0v) is 50.6. The van der Waals surface area contributed by atoms with Gasteiger partial charge in [0.15, 0.2) is 18.9 Å². The average Bonchev–Trinajstić information content (AvgIpc) is 3.52. The number of allylic oxidation sites excluding steroid dienone is 1. The highest BCUT2D eigenvalue weighted by molar-refractivity contribution is 5.76. The molecule has 6 unspecified atom stereocenters. The normalized spacial score (nSPS) is 29.5. The van der Waals surface area contributed by atoms with Crippen LogP contribution < -0.4 is 10.6 Å². The lowest BCUT2D eigenvalue weighted by Gasteiger charge is -2.48. The first kappa shape index (κ1) is 74.3. The second-order valence-corrected chi connectivity index (χ2v) is 23.6. The van der Waals surface area contributed by atoms with Crippen LogP contribution in [0.25, 0.3) is 0 Å². The van der Waals surface area contributed by atoms with Crippen LogP contribution in [0.1, 0.15) is 239 Å². The van der Waals surface area contributed by atoms with E-state index in [0.717, 1.165) is 51.9 Å². The van der Waals surface area contributed by atoms with Gasteiger partial charge in [-0.1, -0.05) is 219 Å². The molecule has 20 heteroatoms. The first-order chi connectivity index (χ1) is 39.7. The number of unbranched alkanes of at least 4 members (excludes halogenated alkanes) is 31. The van der Waals surface area contributed by atoms with Crippen molar-refractivity contribution in [2.24, 2.45) is 0 Å². The van der Waals surface area contributed by atoms with Crippen molar-refractivity contribution in [3.05, 3.63) is 12.2 Å². The predicted molar refractivity (Wildman–Crippen MR) is 312 cm³/mol. The van der Waals surface area contributed by atoms with Crippen LogP contribution in [0, 0.1) is 0 Å². The second kappa shape index (κ2) is 45.3. The van der Waals surface area contributed by atoms with E-state index in [4.69, 9.17) is 28.4 Å². The summed E-state index contributed by atoms with van der Waals surface area (Å²) >= 11 is 0. The van der Waals surface area contributed by atoms with E-state index in [0.29, 0.717) is 6.42 Å². The minimum absolute atomic E-state index is 0.245. The molecular weight excluding hydrogens is 1060 g/mol. The standard InChI is InChI=1S/C62H116N2O18/c1-4-6-8-10-12-14-16-18-19-20-21-22-23-24-25-27-29-31-33-35-37-39-50(70)64-45(46(69)38-36-34-32-30-28-26-17-15-13-11-9-7-5-2)43-77-61-56(75)54(73)59(48(41-66)79-61)82-62-57(76)55(74)58(49(42-67)80-62)81-60-51(63-44(3)68)53(72)52(71)47(40-65)78-60/h36,38,45-49,51-62,65-67,69,71-76H,4-35,37,39-43H2,1-3H3,(H,63,68)(H,64,70)/b38-36+/t45-,46+,47?,48?,49?,51?,52-,53+,54+,55+,56?,57?,58-,59+,60-,61+,62-/m0/s1. The Morgan fingerprint density at radius 2 is 0.854 bits per heavy atom. The van der Waals surface area contributed by atoms with E-state index >= 15 is 0 Å². The fourth-order valence-electron chi connectivity index (χ4n) is 11.3. The molecule has 3 heterocycles. The lowest BCUT2D eigenvalue weighted by molar-refractivity contribution is -0.374. The maximum absolute atomic E-state index is 13.4. The van der Waals surface area contributed by atoms with E-state index < -0.39 is 130 Å². The van der Waals surface area contributed by atoms with Gasteiger partial charge >= 0.3 is 0 Å². The van der Waals surface area contributed by atoms with E-state index in [2.05, 4.69) is 24.5 Å². The summed E-state index contributed by atoms with van der Waals surface area (Å²) in [5, 5.41) is 114. The van der Waals surface area contributed by atoms with Crippen molar-refractivity contribution in [3.63, 3.8) is 0 Å². The lowest BCUT2D eigenvalue weighted by atomic mass is 9.95. The third kappa shape index (κ3) is 28.7. The summed E-state index contributed by atoms with van der Waals surface area (Å²) in [7, 11) is 0. The van der Waals surface area contributed by atoms with Crippen LogP contribution >= 0.6 is 0 Å². The van der Waals surface area contributed by atoms with Crippen LogP contribution in [-0.2, 0) is 38.0 Å². The molecule has 17 atom stereocenters. The van der Waals surface area contributed by atoms with E-state index in [1.54, 1.807) is 6.08 Å². The van der Waals surface area contributed by atoms with Crippen molar-refractivity contribution in [3.8, 4) is 0 Å². The number of ether oxygens (including phenoxy) is 6. The molecule has 0 aromatic carbocycles. The summed E-state index contributed by atoms with van der Waals surface area (Å²) in [4.78, 5) is 25.3. The quantitative estimate of drug-likeness (QED) is 0.0235. The van der Waals surface area contributed by atoms with Crippen LogP contribution in [-0.4, -0.2) is 194 Å². The fourth-order valence-corrected chi connectivity index (χ4v) is 11.3. The Morgan fingerprint density at radius 1 is 0.476 bits per heavy atom. The number of hydrogen-bond donors (Lipinski definition) is 12. The molecule has 0 aromatic heterocycles. The highest BCUT2D eigenvalue weighted by Gasteiger charge is 2.54. The van der Waals surface area contributed by atoms with Crippen LogP contribution in [0.4, 0.5) is 0 Å². The molecule has 3 fully saturated rings. The fraction of sp³-hybridized carbons (Fsp3) is 0.935. The van der Waals surface area contributed by atoms with Crippen molar-refractivity contribution >= 4 is 11.8 Å². The maximum Gasteiger partial charge on any atom is 0.220 e. The predicted octanol–water partition coefficient (Wildman–Crippen LogP) is 6.30. The van der Waals surface area contributed by atoms with Gasteiger partial charge in [0.1, 0.15) is 73.2 Å². The van der Waals surface area contributed by atoms with Gasteiger partial charge < -0.3 is 90.1 Å². The van der Waals surface area contributed by atoms with E-state index in [1.165, 1.54) is 161 Å². The molecule has 3 rings (SSSR count). The Kier molecular flexibility index (Phi) is 41.1. The van der Waals surface area contributed by atoms with Crippen LogP contribution in [0.3, 0.4) is 0 Å². The van der Waals surface area contributed by atoms with Gasteiger partial charge in [-0.25, -0.2) is 0 Å². The first-order valence-corrected chi connectivity index (χ1v) is 32.4. The molecule has 0 radical (unpaired) electrons. The molecule has 3 aliphatic rings.